The standard InChI is InChI=1S/C16H21NO3/c1-10-4-7-14(8-11(10)2)17(9-12(3)16(19)20)15(18)13-5-6-13/h4,7-8,12-13H,5-6,9H2,1-3H3,(H,19,20). The fraction of sp³-hybridized carbons (Fsp3) is 0.500. The van der Waals surface area contributed by atoms with E-state index in [1.807, 2.05) is 32.0 Å². The third-order valence-electron chi connectivity index (χ3n) is 3.87. The van der Waals surface area contributed by atoms with Gasteiger partial charge < -0.3 is 10.0 Å². The van der Waals surface area contributed by atoms with E-state index in [9.17, 15) is 9.59 Å². The van der Waals surface area contributed by atoms with Crippen molar-refractivity contribution in [2.24, 2.45) is 11.8 Å². The zero-order chi connectivity index (χ0) is 14.9. The number of carboxylic acid groups (broad SMARTS) is 1. The number of rotatable bonds is 5. The summed E-state index contributed by atoms with van der Waals surface area (Å²) < 4.78 is 0. The summed E-state index contributed by atoms with van der Waals surface area (Å²) in [7, 11) is 0. The van der Waals surface area contributed by atoms with E-state index in [2.05, 4.69) is 0 Å². The van der Waals surface area contributed by atoms with Gasteiger partial charge in [0.1, 0.15) is 0 Å². The fourth-order valence-electron chi connectivity index (χ4n) is 2.12. The molecule has 0 bridgehead atoms. The lowest BCUT2D eigenvalue weighted by molar-refractivity contribution is -0.140. The summed E-state index contributed by atoms with van der Waals surface area (Å²) in [6.45, 7) is 5.88. The van der Waals surface area contributed by atoms with Crippen LogP contribution in [0.15, 0.2) is 18.2 Å². The van der Waals surface area contributed by atoms with Crippen LogP contribution in [0.1, 0.15) is 30.9 Å². The number of carboxylic acids is 1. The third kappa shape index (κ3) is 3.18. The van der Waals surface area contributed by atoms with E-state index >= 15 is 0 Å². The van der Waals surface area contributed by atoms with Crippen LogP contribution in [0.3, 0.4) is 0 Å². The summed E-state index contributed by atoms with van der Waals surface area (Å²) in [6, 6.07) is 5.84. The van der Waals surface area contributed by atoms with Crippen molar-refractivity contribution in [3.63, 3.8) is 0 Å². The Morgan fingerprint density at radius 1 is 1.30 bits per heavy atom. The maximum Gasteiger partial charge on any atom is 0.308 e. The SMILES string of the molecule is Cc1ccc(N(CC(C)C(=O)O)C(=O)C2CC2)cc1C. The van der Waals surface area contributed by atoms with Gasteiger partial charge in [-0.2, -0.15) is 0 Å². The molecule has 1 aromatic rings. The highest BCUT2D eigenvalue weighted by Gasteiger charge is 2.35. The van der Waals surface area contributed by atoms with Crippen LogP contribution >= 0.6 is 0 Å². The summed E-state index contributed by atoms with van der Waals surface area (Å²) in [5, 5.41) is 9.07. The summed E-state index contributed by atoms with van der Waals surface area (Å²) >= 11 is 0. The number of anilines is 1. The second kappa shape index (κ2) is 5.65. The Kier molecular flexibility index (Phi) is 4.12. The number of aryl methyl sites for hydroxylation is 2. The maximum absolute atomic E-state index is 12.4. The van der Waals surface area contributed by atoms with Gasteiger partial charge in [-0.1, -0.05) is 13.0 Å². The first kappa shape index (κ1) is 14.6. The Bertz CT molecular complexity index is 535. The molecule has 1 aliphatic rings. The lowest BCUT2D eigenvalue weighted by Gasteiger charge is -2.25. The summed E-state index contributed by atoms with van der Waals surface area (Å²) in [5.74, 6) is -1.30. The first-order chi connectivity index (χ1) is 9.40. The average Bonchev–Trinajstić information content (AvgIpc) is 3.22. The largest absolute Gasteiger partial charge is 0.481 e. The lowest BCUT2D eigenvalue weighted by Crippen LogP contribution is -2.38. The molecule has 1 unspecified atom stereocenters. The van der Waals surface area contributed by atoms with Crippen molar-refractivity contribution in [1.29, 1.82) is 0 Å². The molecule has 1 aromatic carbocycles. The van der Waals surface area contributed by atoms with Crippen molar-refractivity contribution in [2.45, 2.75) is 33.6 Å². The molecule has 1 saturated carbocycles. The van der Waals surface area contributed by atoms with Crippen molar-refractivity contribution < 1.29 is 14.7 Å². The Labute approximate surface area is 119 Å². The number of aliphatic carboxylic acids is 1. The van der Waals surface area contributed by atoms with Crippen molar-refractivity contribution in [2.75, 3.05) is 11.4 Å². The number of hydrogen-bond donors (Lipinski definition) is 1. The average molecular weight is 275 g/mol. The number of carbonyl (C=O) groups excluding carboxylic acids is 1. The molecule has 0 heterocycles. The van der Waals surface area contributed by atoms with Gasteiger partial charge in [-0.25, -0.2) is 0 Å². The van der Waals surface area contributed by atoms with E-state index in [1.54, 1.807) is 11.8 Å². The van der Waals surface area contributed by atoms with Crippen LogP contribution in [-0.4, -0.2) is 23.5 Å². The van der Waals surface area contributed by atoms with E-state index < -0.39 is 11.9 Å². The van der Waals surface area contributed by atoms with Crippen LogP contribution in [0.4, 0.5) is 5.69 Å². The molecule has 108 valence electrons. The molecule has 0 aromatic heterocycles. The minimum Gasteiger partial charge on any atom is -0.481 e. The maximum atomic E-state index is 12.4. The van der Waals surface area contributed by atoms with Crippen molar-refractivity contribution in [1.82, 2.24) is 0 Å². The van der Waals surface area contributed by atoms with Gasteiger partial charge in [0.15, 0.2) is 0 Å². The molecule has 4 heteroatoms. The molecule has 0 radical (unpaired) electrons. The monoisotopic (exact) mass is 275 g/mol. The normalized spacial score (nSPS) is 15.8. The number of carbonyl (C=O) groups is 2. The first-order valence-electron chi connectivity index (χ1n) is 7.01. The van der Waals surface area contributed by atoms with Crippen LogP contribution in [0.2, 0.25) is 0 Å². The predicted octanol–water partition coefficient (Wildman–Crippen LogP) is 2.77. The Balaban J connectivity index is 2.27. The number of hydrogen-bond acceptors (Lipinski definition) is 2. The Morgan fingerprint density at radius 2 is 1.95 bits per heavy atom. The van der Waals surface area contributed by atoms with Crippen LogP contribution < -0.4 is 4.90 Å². The molecule has 0 spiro atoms. The van der Waals surface area contributed by atoms with Gasteiger partial charge in [0.2, 0.25) is 5.91 Å². The summed E-state index contributed by atoms with van der Waals surface area (Å²) in [5.41, 5.74) is 3.08. The summed E-state index contributed by atoms with van der Waals surface area (Å²) in [4.78, 5) is 25.1. The summed E-state index contributed by atoms with van der Waals surface area (Å²) in [6.07, 6.45) is 1.84. The molecule has 2 rings (SSSR count). The minimum atomic E-state index is -0.873. The van der Waals surface area contributed by atoms with Gasteiger partial charge in [-0.05, 0) is 49.9 Å². The molecule has 0 saturated heterocycles. The highest BCUT2D eigenvalue weighted by molar-refractivity contribution is 5.97. The van der Waals surface area contributed by atoms with Gasteiger partial charge >= 0.3 is 5.97 Å². The molecule has 0 aliphatic heterocycles. The van der Waals surface area contributed by atoms with Crippen molar-refractivity contribution in [3.8, 4) is 0 Å². The molecular weight excluding hydrogens is 254 g/mol. The zero-order valence-corrected chi connectivity index (χ0v) is 12.2. The zero-order valence-electron chi connectivity index (χ0n) is 12.2. The Morgan fingerprint density at radius 3 is 2.45 bits per heavy atom. The molecular formula is C16H21NO3. The van der Waals surface area contributed by atoms with Crippen LogP contribution in [0, 0.1) is 25.7 Å². The smallest absolute Gasteiger partial charge is 0.308 e. The number of amides is 1. The van der Waals surface area contributed by atoms with E-state index in [4.69, 9.17) is 5.11 Å². The first-order valence-corrected chi connectivity index (χ1v) is 7.01. The minimum absolute atomic E-state index is 0.0568. The van der Waals surface area contributed by atoms with E-state index in [1.165, 1.54) is 5.56 Å². The molecule has 1 atom stereocenters. The number of nitrogens with zero attached hydrogens (tertiary/aromatic N) is 1. The molecule has 1 aliphatic carbocycles. The predicted molar refractivity (Wildman–Crippen MR) is 77.8 cm³/mol. The lowest BCUT2D eigenvalue weighted by atomic mass is 10.1. The molecule has 4 nitrogen and oxygen atoms in total. The third-order valence-corrected chi connectivity index (χ3v) is 3.87. The van der Waals surface area contributed by atoms with Crippen molar-refractivity contribution >= 4 is 17.6 Å². The van der Waals surface area contributed by atoms with E-state index in [0.717, 1.165) is 24.1 Å². The number of benzene rings is 1. The second-order valence-electron chi connectivity index (χ2n) is 5.73. The van der Waals surface area contributed by atoms with Gasteiger partial charge in [-0.15, -0.1) is 0 Å². The fourth-order valence-corrected chi connectivity index (χ4v) is 2.12. The van der Waals surface area contributed by atoms with Crippen LogP contribution in [0.25, 0.3) is 0 Å². The van der Waals surface area contributed by atoms with Gasteiger partial charge in [0.05, 0.1) is 5.92 Å². The second-order valence-corrected chi connectivity index (χ2v) is 5.73. The van der Waals surface area contributed by atoms with Crippen molar-refractivity contribution in [3.05, 3.63) is 29.3 Å². The molecule has 1 N–H and O–H groups in total. The van der Waals surface area contributed by atoms with Gasteiger partial charge in [0, 0.05) is 18.2 Å². The molecule has 1 amide bonds. The molecule has 20 heavy (non-hydrogen) atoms. The quantitative estimate of drug-likeness (QED) is 0.899. The highest BCUT2D eigenvalue weighted by Crippen LogP contribution is 2.33. The van der Waals surface area contributed by atoms with Gasteiger partial charge in [-0.3, -0.25) is 9.59 Å². The highest BCUT2D eigenvalue weighted by atomic mass is 16.4. The topological polar surface area (TPSA) is 57.6 Å². The van der Waals surface area contributed by atoms with Crippen LogP contribution in [-0.2, 0) is 9.59 Å². The Hall–Kier alpha value is -1.84. The van der Waals surface area contributed by atoms with Crippen LogP contribution in [0.5, 0.6) is 0 Å². The van der Waals surface area contributed by atoms with Gasteiger partial charge in [0.25, 0.3) is 0 Å². The van der Waals surface area contributed by atoms with E-state index in [-0.39, 0.29) is 18.4 Å². The molecule has 1 fully saturated rings. The van der Waals surface area contributed by atoms with E-state index in [0.29, 0.717) is 0 Å².